The number of carbonyl (C=O) groups is 2. The quantitative estimate of drug-likeness (QED) is 0.370. The van der Waals surface area contributed by atoms with Crippen LogP contribution in [-0.2, 0) is 14.3 Å². The van der Waals surface area contributed by atoms with Gasteiger partial charge >= 0.3 is 11.9 Å². The summed E-state index contributed by atoms with van der Waals surface area (Å²) in [5.41, 5.74) is -1.01. The normalized spacial score (nSPS) is 17.9. The topological polar surface area (TPSA) is 63.6 Å². The number of carbonyl (C=O) groups excluding carboxylic acids is 1. The third-order valence-electron chi connectivity index (χ3n) is 4.87. The molecule has 0 aromatic heterocycles. The Bertz CT molecular complexity index is 396. The molecule has 0 heterocycles. The predicted octanol–water partition coefficient (Wildman–Crippen LogP) is 4.34. The van der Waals surface area contributed by atoms with Crippen molar-refractivity contribution in [1.29, 1.82) is 0 Å². The van der Waals surface area contributed by atoms with Gasteiger partial charge in [-0.25, -0.2) is 4.79 Å². The van der Waals surface area contributed by atoms with Gasteiger partial charge in [0.15, 0.2) is 0 Å². The van der Waals surface area contributed by atoms with Crippen molar-refractivity contribution in [1.82, 2.24) is 0 Å². The van der Waals surface area contributed by atoms with Gasteiger partial charge in [-0.2, -0.15) is 0 Å². The molecule has 22 heavy (non-hydrogen) atoms. The van der Waals surface area contributed by atoms with Crippen LogP contribution in [0.1, 0.15) is 71.6 Å². The first kappa shape index (κ1) is 18.7. The molecule has 1 atom stereocenters. The molecule has 0 aromatic rings. The highest BCUT2D eigenvalue weighted by Gasteiger charge is 2.51. The second-order valence-corrected chi connectivity index (χ2v) is 6.33. The monoisotopic (exact) mass is 310 g/mol. The fourth-order valence-corrected chi connectivity index (χ4v) is 3.50. The summed E-state index contributed by atoms with van der Waals surface area (Å²) < 4.78 is 5.47. The minimum absolute atomic E-state index is 0.0225. The zero-order valence-corrected chi connectivity index (χ0v) is 14.0. The van der Waals surface area contributed by atoms with Gasteiger partial charge in [-0.05, 0) is 31.6 Å². The van der Waals surface area contributed by atoms with E-state index in [1.165, 1.54) is 0 Å². The number of ether oxygens (including phenoxy) is 1. The van der Waals surface area contributed by atoms with Crippen LogP contribution in [0.4, 0.5) is 0 Å². The fourth-order valence-electron chi connectivity index (χ4n) is 3.50. The molecule has 0 bridgehead atoms. The van der Waals surface area contributed by atoms with Gasteiger partial charge in [-0.3, -0.25) is 4.79 Å². The highest BCUT2D eigenvalue weighted by atomic mass is 16.5. The van der Waals surface area contributed by atoms with E-state index in [1.54, 1.807) is 0 Å². The zero-order chi connectivity index (χ0) is 16.6. The van der Waals surface area contributed by atoms with Crippen molar-refractivity contribution in [2.45, 2.75) is 71.6 Å². The summed E-state index contributed by atoms with van der Waals surface area (Å²) in [5.74, 6) is -1.39. The SMILES string of the molecule is C=C(C(=O)O)C(CCCC)(C(=O)OCCCC)C1CCCC1. The number of carboxylic acid groups (broad SMARTS) is 1. The minimum Gasteiger partial charge on any atom is -0.478 e. The molecule has 0 aromatic carbocycles. The summed E-state index contributed by atoms with van der Waals surface area (Å²) in [6.45, 7) is 8.22. The summed E-state index contributed by atoms with van der Waals surface area (Å²) in [6.07, 6.45) is 7.89. The lowest BCUT2D eigenvalue weighted by molar-refractivity contribution is -0.160. The molecular weight excluding hydrogens is 280 g/mol. The van der Waals surface area contributed by atoms with E-state index in [4.69, 9.17) is 4.74 Å². The molecule has 1 unspecified atom stereocenters. The van der Waals surface area contributed by atoms with E-state index in [1.807, 2.05) is 13.8 Å². The standard InChI is InChI=1S/C18H30O4/c1-4-6-12-18(14(3)16(19)20,15-10-8-9-11-15)17(21)22-13-7-5-2/h15H,3-13H2,1-2H3,(H,19,20). The highest BCUT2D eigenvalue weighted by molar-refractivity contribution is 5.96. The summed E-state index contributed by atoms with van der Waals surface area (Å²) in [4.78, 5) is 24.4. The van der Waals surface area contributed by atoms with E-state index in [-0.39, 0.29) is 17.5 Å². The molecule has 0 aliphatic heterocycles. The first-order chi connectivity index (χ1) is 10.5. The second-order valence-electron chi connectivity index (χ2n) is 6.33. The Balaban J connectivity index is 3.08. The van der Waals surface area contributed by atoms with Gasteiger partial charge in [0.05, 0.1) is 6.61 Å². The van der Waals surface area contributed by atoms with Crippen LogP contribution in [0.5, 0.6) is 0 Å². The highest BCUT2D eigenvalue weighted by Crippen LogP contribution is 2.49. The number of carboxylic acids is 1. The van der Waals surface area contributed by atoms with Crippen LogP contribution in [0, 0.1) is 11.3 Å². The molecule has 1 rings (SSSR count). The van der Waals surface area contributed by atoms with Crippen LogP contribution in [-0.4, -0.2) is 23.7 Å². The van der Waals surface area contributed by atoms with Crippen LogP contribution in [0.15, 0.2) is 12.2 Å². The van der Waals surface area contributed by atoms with Crippen molar-refractivity contribution in [2.75, 3.05) is 6.61 Å². The molecular formula is C18H30O4. The average Bonchev–Trinajstić information content (AvgIpc) is 3.02. The van der Waals surface area contributed by atoms with E-state index < -0.39 is 11.4 Å². The molecule has 4 heteroatoms. The van der Waals surface area contributed by atoms with Gasteiger partial charge in [0.2, 0.25) is 0 Å². The van der Waals surface area contributed by atoms with Crippen molar-refractivity contribution >= 4 is 11.9 Å². The van der Waals surface area contributed by atoms with Crippen LogP contribution in [0.2, 0.25) is 0 Å². The van der Waals surface area contributed by atoms with Crippen molar-refractivity contribution in [3.05, 3.63) is 12.2 Å². The van der Waals surface area contributed by atoms with Crippen LogP contribution in [0.25, 0.3) is 0 Å². The molecule has 4 nitrogen and oxygen atoms in total. The first-order valence-electron chi connectivity index (χ1n) is 8.60. The summed E-state index contributed by atoms with van der Waals surface area (Å²) in [7, 11) is 0. The smallest absolute Gasteiger partial charge is 0.332 e. The maximum Gasteiger partial charge on any atom is 0.332 e. The molecule has 0 amide bonds. The Kier molecular flexibility index (Phi) is 7.63. The number of unbranched alkanes of at least 4 members (excludes halogenated alkanes) is 2. The van der Waals surface area contributed by atoms with E-state index >= 15 is 0 Å². The van der Waals surface area contributed by atoms with Gasteiger partial charge in [-0.15, -0.1) is 0 Å². The second kappa shape index (κ2) is 8.96. The predicted molar refractivity (Wildman–Crippen MR) is 86.6 cm³/mol. The number of aliphatic carboxylic acids is 1. The maximum atomic E-state index is 12.8. The molecule has 1 fully saturated rings. The lowest BCUT2D eigenvalue weighted by Crippen LogP contribution is -2.43. The molecule has 126 valence electrons. The van der Waals surface area contributed by atoms with Gasteiger partial charge in [0.25, 0.3) is 0 Å². The first-order valence-corrected chi connectivity index (χ1v) is 8.60. The Morgan fingerprint density at radius 1 is 1.18 bits per heavy atom. The summed E-state index contributed by atoms with van der Waals surface area (Å²) in [6, 6.07) is 0. The Morgan fingerprint density at radius 3 is 2.27 bits per heavy atom. The van der Waals surface area contributed by atoms with E-state index in [0.29, 0.717) is 13.0 Å². The number of esters is 1. The van der Waals surface area contributed by atoms with Gasteiger partial charge in [0, 0.05) is 5.57 Å². The van der Waals surface area contributed by atoms with E-state index in [9.17, 15) is 14.7 Å². The van der Waals surface area contributed by atoms with Crippen LogP contribution < -0.4 is 0 Å². The fraction of sp³-hybridized carbons (Fsp3) is 0.778. The summed E-state index contributed by atoms with van der Waals surface area (Å²) >= 11 is 0. The van der Waals surface area contributed by atoms with Crippen molar-refractivity contribution in [3.8, 4) is 0 Å². The molecule has 0 spiro atoms. The van der Waals surface area contributed by atoms with Crippen LogP contribution >= 0.6 is 0 Å². The molecule has 1 aliphatic rings. The molecule has 1 saturated carbocycles. The lowest BCUT2D eigenvalue weighted by Gasteiger charge is -2.37. The average molecular weight is 310 g/mol. The zero-order valence-electron chi connectivity index (χ0n) is 14.0. The Labute approximate surface area is 133 Å². The minimum atomic E-state index is -1.07. The van der Waals surface area contributed by atoms with Gasteiger partial charge < -0.3 is 9.84 Å². The van der Waals surface area contributed by atoms with E-state index in [0.717, 1.165) is 51.4 Å². The third-order valence-corrected chi connectivity index (χ3v) is 4.87. The van der Waals surface area contributed by atoms with E-state index in [2.05, 4.69) is 6.58 Å². The van der Waals surface area contributed by atoms with Crippen molar-refractivity contribution in [3.63, 3.8) is 0 Å². The number of hydrogen-bond donors (Lipinski definition) is 1. The third kappa shape index (κ3) is 4.11. The molecule has 0 radical (unpaired) electrons. The Hall–Kier alpha value is -1.32. The number of rotatable bonds is 10. The summed E-state index contributed by atoms with van der Waals surface area (Å²) in [5, 5.41) is 9.49. The van der Waals surface area contributed by atoms with Gasteiger partial charge in [0.1, 0.15) is 5.41 Å². The van der Waals surface area contributed by atoms with Gasteiger partial charge in [-0.1, -0.05) is 52.5 Å². The molecule has 1 N–H and O–H groups in total. The maximum absolute atomic E-state index is 12.8. The van der Waals surface area contributed by atoms with Crippen molar-refractivity contribution in [2.24, 2.45) is 11.3 Å². The Morgan fingerprint density at radius 2 is 1.77 bits per heavy atom. The molecule has 1 aliphatic carbocycles. The molecule has 0 saturated heterocycles. The lowest BCUT2D eigenvalue weighted by atomic mass is 9.66. The van der Waals surface area contributed by atoms with Crippen molar-refractivity contribution < 1.29 is 19.4 Å². The van der Waals surface area contributed by atoms with Crippen LogP contribution in [0.3, 0.4) is 0 Å². The largest absolute Gasteiger partial charge is 0.478 e. The number of hydrogen-bond acceptors (Lipinski definition) is 3.